The summed E-state index contributed by atoms with van der Waals surface area (Å²) in [7, 11) is 0. The predicted octanol–water partition coefficient (Wildman–Crippen LogP) is 4.10. The van der Waals surface area contributed by atoms with E-state index in [0.717, 1.165) is 36.6 Å². The second kappa shape index (κ2) is 7.37. The normalized spacial score (nSPS) is 15.6. The van der Waals surface area contributed by atoms with Gasteiger partial charge in [-0.2, -0.15) is 0 Å². The van der Waals surface area contributed by atoms with Crippen LogP contribution in [0.2, 0.25) is 5.02 Å². The molecule has 0 spiro atoms. The van der Waals surface area contributed by atoms with E-state index in [0.29, 0.717) is 0 Å². The van der Waals surface area contributed by atoms with Crippen LogP contribution in [0.15, 0.2) is 42.5 Å². The van der Waals surface area contributed by atoms with Crippen LogP contribution in [0.3, 0.4) is 0 Å². The van der Waals surface area contributed by atoms with Crippen LogP contribution in [0.5, 0.6) is 0 Å². The van der Waals surface area contributed by atoms with E-state index >= 15 is 0 Å². The van der Waals surface area contributed by atoms with Gasteiger partial charge in [0.25, 0.3) is 0 Å². The SMILES string of the molecule is CC(=O)NC(C)c1ccc(CN2CCc3c(Cl)cccc3C2)cc1. The van der Waals surface area contributed by atoms with Gasteiger partial charge in [0, 0.05) is 31.6 Å². The van der Waals surface area contributed by atoms with Gasteiger partial charge < -0.3 is 5.32 Å². The second-order valence-electron chi connectivity index (χ2n) is 6.50. The fourth-order valence-electron chi connectivity index (χ4n) is 3.31. The van der Waals surface area contributed by atoms with Crippen molar-refractivity contribution in [2.45, 2.75) is 39.4 Å². The third-order valence-electron chi connectivity index (χ3n) is 4.59. The third-order valence-corrected chi connectivity index (χ3v) is 4.95. The number of nitrogens with zero attached hydrogens (tertiary/aromatic N) is 1. The van der Waals surface area contributed by atoms with Crippen LogP contribution < -0.4 is 5.32 Å². The Morgan fingerprint density at radius 3 is 2.71 bits per heavy atom. The molecule has 0 bridgehead atoms. The van der Waals surface area contributed by atoms with Gasteiger partial charge in [0.05, 0.1) is 6.04 Å². The lowest BCUT2D eigenvalue weighted by Gasteiger charge is -2.29. The van der Waals surface area contributed by atoms with Crippen molar-refractivity contribution in [2.24, 2.45) is 0 Å². The molecule has 2 aromatic rings. The summed E-state index contributed by atoms with van der Waals surface area (Å²) in [5.41, 5.74) is 5.06. The van der Waals surface area contributed by atoms with Crippen LogP contribution in [0.4, 0.5) is 0 Å². The Morgan fingerprint density at radius 2 is 2.00 bits per heavy atom. The molecule has 4 heteroatoms. The van der Waals surface area contributed by atoms with E-state index < -0.39 is 0 Å². The van der Waals surface area contributed by atoms with Crippen LogP contribution in [-0.4, -0.2) is 17.4 Å². The molecule has 3 rings (SSSR count). The van der Waals surface area contributed by atoms with Gasteiger partial charge in [0.1, 0.15) is 0 Å². The van der Waals surface area contributed by atoms with E-state index in [1.54, 1.807) is 6.92 Å². The number of benzene rings is 2. The molecule has 1 unspecified atom stereocenters. The van der Waals surface area contributed by atoms with Crippen LogP contribution >= 0.6 is 11.6 Å². The second-order valence-corrected chi connectivity index (χ2v) is 6.91. The molecule has 0 saturated carbocycles. The Bertz CT molecular complexity index is 727. The summed E-state index contributed by atoms with van der Waals surface area (Å²) in [5, 5.41) is 3.81. The maximum absolute atomic E-state index is 11.2. The molecular weight excluding hydrogens is 320 g/mol. The molecule has 0 aromatic heterocycles. The monoisotopic (exact) mass is 342 g/mol. The summed E-state index contributed by atoms with van der Waals surface area (Å²) in [6.07, 6.45) is 1.01. The lowest BCUT2D eigenvalue weighted by atomic mass is 9.99. The van der Waals surface area contributed by atoms with E-state index in [9.17, 15) is 4.79 Å². The zero-order chi connectivity index (χ0) is 17.1. The highest BCUT2D eigenvalue weighted by Crippen LogP contribution is 2.26. The Morgan fingerprint density at radius 1 is 1.25 bits per heavy atom. The molecule has 0 aliphatic carbocycles. The van der Waals surface area contributed by atoms with Crippen molar-refractivity contribution in [3.63, 3.8) is 0 Å². The summed E-state index contributed by atoms with van der Waals surface area (Å²) >= 11 is 6.28. The topological polar surface area (TPSA) is 32.3 Å². The number of rotatable bonds is 4. The molecule has 1 aliphatic heterocycles. The molecular formula is C20H23ClN2O. The molecule has 1 heterocycles. The van der Waals surface area contributed by atoms with Crippen molar-refractivity contribution in [1.29, 1.82) is 0 Å². The summed E-state index contributed by atoms with van der Waals surface area (Å²) in [6.45, 7) is 6.45. The largest absolute Gasteiger partial charge is 0.350 e. The molecule has 24 heavy (non-hydrogen) atoms. The molecule has 0 fully saturated rings. The van der Waals surface area contributed by atoms with Crippen molar-refractivity contribution in [3.8, 4) is 0 Å². The van der Waals surface area contributed by atoms with Crippen LogP contribution in [0.1, 0.15) is 42.1 Å². The quantitative estimate of drug-likeness (QED) is 0.907. The number of fused-ring (bicyclic) bond motifs is 1. The molecule has 0 saturated heterocycles. The molecule has 2 aromatic carbocycles. The molecule has 3 nitrogen and oxygen atoms in total. The highest BCUT2D eigenvalue weighted by molar-refractivity contribution is 6.31. The van der Waals surface area contributed by atoms with Gasteiger partial charge in [-0.05, 0) is 41.7 Å². The Hall–Kier alpha value is -1.84. The smallest absolute Gasteiger partial charge is 0.217 e. The summed E-state index contributed by atoms with van der Waals surface area (Å²) in [4.78, 5) is 13.6. The van der Waals surface area contributed by atoms with Crippen LogP contribution in [0.25, 0.3) is 0 Å². The maximum Gasteiger partial charge on any atom is 0.217 e. The Labute approximate surface area is 148 Å². The maximum atomic E-state index is 11.2. The first-order chi connectivity index (χ1) is 11.5. The first kappa shape index (κ1) is 17.0. The van der Waals surface area contributed by atoms with Crippen molar-refractivity contribution in [1.82, 2.24) is 10.2 Å². The average Bonchev–Trinajstić information content (AvgIpc) is 2.55. The molecule has 126 valence electrons. The predicted molar refractivity (Wildman–Crippen MR) is 97.9 cm³/mol. The molecule has 0 radical (unpaired) electrons. The number of halogens is 1. The van der Waals surface area contributed by atoms with Crippen molar-refractivity contribution < 1.29 is 4.79 Å². The van der Waals surface area contributed by atoms with E-state index in [2.05, 4.69) is 40.5 Å². The number of amides is 1. The number of nitrogens with one attached hydrogen (secondary N) is 1. The standard InChI is InChI=1S/C20H23ClN2O/c1-14(22-15(2)24)17-8-6-16(7-9-17)12-23-11-10-19-18(13-23)4-3-5-20(19)21/h3-9,14H,10-13H2,1-2H3,(H,22,24). The number of carbonyl (C=O) groups is 1. The third kappa shape index (κ3) is 3.97. The van der Waals surface area contributed by atoms with Gasteiger partial charge in [-0.1, -0.05) is 48.0 Å². The van der Waals surface area contributed by atoms with Gasteiger partial charge in [-0.25, -0.2) is 0 Å². The first-order valence-electron chi connectivity index (χ1n) is 8.37. The highest BCUT2D eigenvalue weighted by atomic mass is 35.5. The summed E-state index contributed by atoms with van der Waals surface area (Å²) in [5.74, 6) is -0.00257. The molecule has 1 N–H and O–H groups in total. The Balaban J connectivity index is 1.64. The van der Waals surface area contributed by atoms with Gasteiger partial charge in [0.2, 0.25) is 5.91 Å². The number of hydrogen-bond acceptors (Lipinski definition) is 2. The zero-order valence-electron chi connectivity index (χ0n) is 14.2. The van der Waals surface area contributed by atoms with E-state index in [4.69, 9.17) is 11.6 Å². The fraction of sp³-hybridized carbons (Fsp3) is 0.350. The summed E-state index contributed by atoms with van der Waals surface area (Å²) < 4.78 is 0. The number of carbonyl (C=O) groups excluding carboxylic acids is 1. The lowest BCUT2D eigenvalue weighted by molar-refractivity contribution is -0.119. The average molecular weight is 343 g/mol. The minimum atomic E-state index is -0.00257. The highest BCUT2D eigenvalue weighted by Gasteiger charge is 2.18. The van der Waals surface area contributed by atoms with Crippen molar-refractivity contribution >= 4 is 17.5 Å². The minimum absolute atomic E-state index is 0.00257. The number of hydrogen-bond donors (Lipinski definition) is 1. The van der Waals surface area contributed by atoms with E-state index in [1.807, 2.05) is 19.1 Å². The van der Waals surface area contributed by atoms with Crippen LogP contribution in [0, 0.1) is 0 Å². The van der Waals surface area contributed by atoms with Gasteiger partial charge in [0.15, 0.2) is 0 Å². The molecule has 1 aliphatic rings. The first-order valence-corrected chi connectivity index (χ1v) is 8.75. The summed E-state index contributed by atoms with van der Waals surface area (Å²) in [6, 6.07) is 14.7. The van der Waals surface area contributed by atoms with Crippen molar-refractivity contribution in [3.05, 3.63) is 69.7 Å². The minimum Gasteiger partial charge on any atom is -0.350 e. The van der Waals surface area contributed by atoms with Gasteiger partial charge in [-0.3, -0.25) is 9.69 Å². The zero-order valence-corrected chi connectivity index (χ0v) is 14.9. The van der Waals surface area contributed by atoms with E-state index in [-0.39, 0.29) is 11.9 Å². The Kier molecular flexibility index (Phi) is 5.22. The van der Waals surface area contributed by atoms with Gasteiger partial charge in [-0.15, -0.1) is 0 Å². The van der Waals surface area contributed by atoms with Gasteiger partial charge >= 0.3 is 0 Å². The molecule has 1 amide bonds. The van der Waals surface area contributed by atoms with Crippen LogP contribution in [-0.2, 0) is 24.3 Å². The fourth-order valence-corrected chi connectivity index (χ4v) is 3.60. The molecule has 1 atom stereocenters. The van der Waals surface area contributed by atoms with E-state index in [1.165, 1.54) is 16.7 Å². The van der Waals surface area contributed by atoms with Crippen molar-refractivity contribution in [2.75, 3.05) is 6.54 Å². The lowest BCUT2D eigenvalue weighted by Crippen LogP contribution is -2.30.